The minimum atomic E-state index is -0.0881. The van der Waals surface area contributed by atoms with E-state index in [9.17, 15) is 0 Å². The van der Waals surface area contributed by atoms with E-state index in [1.165, 1.54) is 88.3 Å². The second kappa shape index (κ2) is 8.80. The number of fused-ring (bicyclic) bond motifs is 9. The molecule has 0 bridgehead atoms. The molecule has 0 heterocycles. The van der Waals surface area contributed by atoms with Gasteiger partial charge in [-0.3, -0.25) is 0 Å². The highest BCUT2D eigenvalue weighted by molar-refractivity contribution is 6.21. The van der Waals surface area contributed by atoms with Crippen LogP contribution in [0.25, 0.3) is 66.1 Å². The van der Waals surface area contributed by atoms with Gasteiger partial charge in [0.25, 0.3) is 0 Å². The van der Waals surface area contributed by atoms with E-state index in [0.29, 0.717) is 0 Å². The molecule has 0 saturated heterocycles. The Morgan fingerprint density at radius 2 is 0.795 bits per heavy atom. The average molecular weight is 563 g/mol. The second-order valence-corrected chi connectivity index (χ2v) is 13.7. The number of rotatable bonds is 2. The molecule has 0 unspecified atom stereocenters. The lowest BCUT2D eigenvalue weighted by Gasteiger charge is -2.30. The van der Waals surface area contributed by atoms with Crippen LogP contribution in [0.5, 0.6) is 0 Å². The second-order valence-electron chi connectivity index (χ2n) is 13.7. The maximum Gasteiger partial charge on any atom is 0.0162 e. The zero-order valence-electron chi connectivity index (χ0n) is 25.7. The van der Waals surface area contributed by atoms with Crippen molar-refractivity contribution in [3.05, 3.63) is 156 Å². The quantitative estimate of drug-likeness (QED) is 0.184. The summed E-state index contributed by atoms with van der Waals surface area (Å²) in [5.74, 6) is 0. The van der Waals surface area contributed by atoms with E-state index < -0.39 is 0 Å². The van der Waals surface area contributed by atoms with Crippen LogP contribution in [0.1, 0.15) is 49.9 Å². The Balaban J connectivity index is 1.33. The summed E-state index contributed by atoms with van der Waals surface area (Å²) in [5, 5.41) is 5.19. The van der Waals surface area contributed by atoms with Crippen LogP contribution < -0.4 is 0 Å². The molecule has 0 aromatic heterocycles. The van der Waals surface area contributed by atoms with Gasteiger partial charge in [0, 0.05) is 10.8 Å². The van der Waals surface area contributed by atoms with Gasteiger partial charge in [0.15, 0.2) is 0 Å². The molecule has 0 aliphatic heterocycles. The van der Waals surface area contributed by atoms with Gasteiger partial charge in [-0.2, -0.15) is 0 Å². The van der Waals surface area contributed by atoms with Crippen molar-refractivity contribution in [2.45, 2.75) is 38.5 Å². The van der Waals surface area contributed by atoms with Crippen molar-refractivity contribution in [1.29, 1.82) is 0 Å². The smallest absolute Gasteiger partial charge is 0.0162 e. The largest absolute Gasteiger partial charge is 0.0622 e. The van der Waals surface area contributed by atoms with Crippen molar-refractivity contribution in [3.8, 4) is 44.5 Å². The van der Waals surface area contributed by atoms with Crippen LogP contribution in [0, 0.1) is 0 Å². The molecule has 0 heteroatoms. The summed E-state index contributed by atoms with van der Waals surface area (Å²) in [4.78, 5) is 0. The Morgan fingerprint density at radius 1 is 0.341 bits per heavy atom. The van der Waals surface area contributed by atoms with Gasteiger partial charge in [-0.1, -0.05) is 155 Å². The predicted molar refractivity (Wildman–Crippen MR) is 187 cm³/mol. The van der Waals surface area contributed by atoms with Gasteiger partial charge in [-0.25, -0.2) is 0 Å². The van der Waals surface area contributed by atoms with Crippen LogP contribution >= 0.6 is 0 Å². The molecule has 2 aliphatic carbocycles. The fourth-order valence-corrected chi connectivity index (χ4v) is 8.71. The van der Waals surface area contributed by atoms with Crippen molar-refractivity contribution in [2.24, 2.45) is 0 Å². The summed E-state index contributed by atoms with van der Waals surface area (Å²) in [6.07, 6.45) is 0. The van der Waals surface area contributed by atoms with E-state index in [-0.39, 0.29) is 10.8 Å². The Labute approximate surface area is 259 Å². The van der Waals surface area contributed by atoms with Crippen molar-refractivity contribution < 1.29 is 0 Å². The first-order valence-corrected chi connectivity index (χ1v) is 15.8. The van der Waals surface area contributed by atoms with Gasteiger partial charge in [0.1, 0.15) is 0 Å². The topological polar surface area (TPSA) is 0 Å². The van der Waals surface area contributed by atoms with Crippen LogP contribution in [0.3, 0.4) is 0 Å². The first-order valence-electron chi connectivity index (χ1n) is 15.8. The normalized spacial score (nSPS) is 15.2. The van der Waals surface area contributed by atoms with Crippen molar-refractivity contribution in [3.63, 3.8) is 0 Å². The van der Waals surface area contributed by atoms with E-state index in [1.807, 2.05) is 0 Å². The van der Waals surface area contributed by atoms with Crippen LogP contribution in [0.4, 0.5) is 0 Å². The van der Waals surface area contributed by atoms with E-state index in [2.05, 4.69) is 161 Å². The highest BCUT2D eigenvalue weighted by atomic mass is 14.5. The first kappa shape index (κ1) is 25.5. The molecule has 7 aromatic rings. The third-order valence-electron chi connectivity index (χ3n) is 10.6. The first-order chi connectivity index (χ1) is 21.4. The Kier molecular flexibility index (Phi) is 5.11. The SMILES string of the molecule is CC1(C)c2ccccc2-c2ccc3c(c21)C(C)(C)c1ccc(-c2c4ccccc4c(-c4ccccc4)c4ccccc24)cc1-3. The Hall–Kier alpha value is -4.94. The number of benzene rings is 7. The molecule has 0 saturated carbocycles. The maximum atomic E-state index is 2.49. The molecule has 0 fully saturated rings. The zero-order valence-corrected chi connectivity index (χ0v) is 25.7. The van der Waals surface area contributed by atoms with Crippen molar-refractivity contribution in [1.82, 2.24) is 0 Å². The van der Waals surface area contributed by atoms with Crippen LogP contribution in [-0.2, 0) is 10.8 Å². The molecule has 0 spiro atoms. The molecular formula is C44H34. The summed E-state index contributed by atoms with van der Waals surface area (Å²) >= 11 is 0. The molecule has 0 amide bonds. The van der Waals surface area contributed by atoms with Crippen molar-refractivity contribution in [2.75, 3.05) is 0 Å². The fourth-order valence-electron chi connectivity index (χ4n) is 8.71. The van der Waals surface area contributed by atoms with Crippen LogP contribution in [0.2, 0.25) is 0 Å². The van der Waals surface area contributed by atoms with E-state index in [0.717, 1.165) is 0 Å². The summed E-state index contributed by atoms with van der Waals surface area (Å²) in [6.45, 7) is 9.68. The number of hydrogen-bond donors (Lipinski definition) is 0. The summed E-state index contributed by atoms with van der Waals surface area (Å²) in [5.41, 5.74) is 16.4. The van der Waals surface area contributed by atoms with Gasteiger partial charge in [-0.15, -0.1) is 0 Å². The molecule has 0 radical (unpaired) electrons. The van der Waals surface area contributed by atoms with Gasteiger partial charge in [-0.05, 0) is 94.4 Å². The van der Waals surface area contributed by atoms with E-state index in [1.54, 1.807) is 0 Å². The molecule has 0 nitrogen and oxygen atoms in total. The highest BCUT2D eigenvalue weighted by Crippen LogP contribution is 2.59. The number of hydrogen-bond acceptors (Lipinski definition) is 0. The van der Waals surface area contributed by atoms with Crippen molar-refractivity contribution >= 4 is 21.5 Å². The molecule has 7 aromatic carbocycles. The maximum absolute atomic E-state index is 2.49. The molecule has 0 N–H and O–H groups in total. The summed E-state index contributed by atoms with van der Waals surface area (Å²) in [7, 11) is 0. The van der Waals surface area contributed by atoms with Crippen LogP contribution in [0.15, 0.2) is 133 Å². The third-order valence-corrected chi connectivity index (χ3v) is 10.6. The molecule has 9 rings (SSSR count). The minimum Gasteiger partial charge on any atom is -0.0622 e. The monoisotopic (exact) mass is 562 g/mol. The fraction of sp³-hybridized carbons (Fsp3) is 0.136. The molecule has 0 atom stereocenters. The Morgan fingerprint density at radius 3 is 1.39 bits per heavy atom. The van der Waals surface area contributed by atoms with Crippen LogP contribution in [-0.4, -0.2) is 0 Å². The van der Waals surface area contributed by atoms with Gasteiger partial charge in [0.2, 0.25) is 0 Å². The lowest BCUT2D eigenvalue weighted by molar-refractivity contribution is 0.601. The van der Waals surface area contributed by atoms with E-state index in [4.69, 9.17) is 0 Å². The predicted octanol–water partition coefficient (Wildman–Crippen LogP) is 11.9. The zero-order chi connectivity index (χ0) is 29.8. The van der Waals surface area contributed by atoms with E-state index >= 15 is 0 Å². The molecular weight excluding hydrogens is 528 g/mol. The van der Waals surface area contributed by atoms with Gasteiger partial charge >= 0.3 is 0 Å². The third kappa shape index (κ3) is 3.23. The average Bonchev–Trinajstić information content (AvgIpc) is 3.43. The lowest BCUT2D eigenvalue weighted by atomic mass is 9.72. The molecule has 2 aliphatic rings. The molecule has 210 valence electrons. The standard InChI is InChI=1S/C44H34/c1-43(2)37-21-13-12-16-29(37)34-23-24-35-36-26-28(22-25-38(36)44(3,4)42(35)41(34)43)40-32-19-10-8-17-30(32)39(27-14-6-5-7-15-27)31-18-9-11-20-33(31)40/h5-26H,1-4H3. The lowest BCUT2D eigenvalue weighted by Crippen LogP contribution is -2.24. The van der Waals surface area contributed by atoms with Gasteiger partial charge in [0.05, 0.1) is 0 Å². The summed E-state index contributed by atoms with van der Waals surface area (Å²) in [6, 6.07) is 49.8. The highest BCUT2D eigenvalue weighted by Gasteiger charge is 2.45. The Bertz CT molecular complexity index is 2260. The molecule has 44 heavy (non-hydrogen) atoms. The minimum absolute atomic E-state index is 0.0426. The van der Waals surface area contributed by atoms with Gasteiger partial charge < -0.3 is 0 Å². The summed E-state index contributed by atoms with van der Waals surface area (Å²) < 4.78 is 0.